The van der Waals surface area contributed by atoms with Crippen molar-refractivity contribution < 1.29 is 27.8 Å². The van der Waals surface area contributed by atoms with Crippen LogP contribution in [0.5, 0.6) is 5.75 Å². The Kier molecular flexibility index (Phi) is 11.3. The van der Waals surface area contributed by atoms with Gasteiger partial charge in [0.2, 0.25) is 5.89 Å². The molecule has 1 atom stereocenters. The van der Waals surface area contributed by atoms with Crippen LogP contribution in [0.4, 0.5) is 0 Å². The number of para-hydroxylation sites is 1. The molecule has 0 N–H and O–H groups in total. The van der Waals surface area contributed by atoms with Gasteiger partial charge in [-0.15, -0.1) is 11.3 Å². The predicted molar refractivity (Wildman–Crippen MR) is 224 cm³/mol. The summed E-state index contributed by atoms with van der Waals surface area (Å²) < 4.78 is 33.5. The van der Waals surface area contributed by atoms with Crippen LogP contribution in [0.15, 0.2) is 111 Å². The van der Waals surface area contributed by atoms with Crippen LogP contribution >= 0.6 is 11.3 Å². The van der Waals surface area contributed by atoms with Gasteiger partial charge in [-0.2, -0.15) is 0 Å². The van der Waals surface area contributed by atoms with Crippen molar-refractivity contribution in [2.75, 3.05) is 20.3 Å². The van der Waals surface area contributed by atoms with Crippen LogP contribution in [0.2, 0.25) is 5.04 Å². The van der Waals surface area contributed by atoms with Crippen LogP contribution in [0.1, 0.15) is 64.7 Å². The van der Waals surface area contributed by atoms with Gasteiger partial charge in [0.15, 0.2) is 0 Å². The molecular formula is C44H49N3O8SSi. The van der Waals surface area contributed by atoms with E-state index in [1.807, 2.05) is 91.9 Å². The number of carbonyl (C=O) groups is 1. The molecule has 4 heterocycles. The van der Waals surface area contributed by atoms with Crippen molar-refractivity contribution in [1.29, 1.82) is 0 Å². The van der Waals surface area contributed by atoms with Gasteiger partial charge in [0.05, 0.1) is 36.2 Å². The Morgan fingerprint density at radius 2 is 1.54 bits per heavy atom. The molecule has 3 aromatic carbocycles. The number of methoxy groups -OCH3 is 1. The van der Waals surface area contributed by atoms with Gasteiger partial charge in [-0.25, -0.2) is 14.3 Å². The predicted octanol–water partition coefficient (Wildman–Crippen LogP) is 6.97. The zero-order chi connectivity index (χ0) is 40.5. The number of oxazole rings is 1. The number of aryl methyl sites for hydroxylation is 1. The molecule has 6 aromatic rings. The molecule has 1 fully saturated rings. The van der Waals surface area contributed by atoms with Gasteiger partial charge in [0, 0.05) is 18.8 Å². The standard InChI is InChI=1S/C44H49N3O8SSi/c1-29-36-39(48)47(44(5,6)41(49)55-57(43(2,3)4,31-16-10-8-11-17-31)32-18-12-9-13-19-32)42(50)46(40(36)56-37(29)38-45-24-27-53-38)28-35(54-30-22-25-52-26-23-30)33-20-14-15-21-34(33)51-7/h8-21,24,27,30,35H,22-23,25-26,28H2,1-7H3/t35-/m0/s1. The molecule has 57 heavy (non-hydrogen) atoms. The molecule has 1 aliphatic heterocycles. The number of benzene rings is 3. The molecule has 11 nitrogen and oxygen atoms in total. The number of nitrogens with zero attached hydrogens (tertiary/aromatic N) is 3. The van der Waals surface area contributed by atoms with Gasteiger partial charge < -0.3 is 23.1 Å². The zero-order valence-electron chi connectivity index (χ0n) is 33.4. The molecule has 0 aliphatic carbocycles. The number of aromatic nitrogens is 3. The first-order valence-corrected chi connectivity index (χ1v) is 21.9. The number of rotatable bonds is 12. The average Bonchev–Trinajstić information content (AvgIpc) is 3.87. The molecule has 0 unspecified atom stereocenters. The lowest BCUT2D eigenvalue weighted by Gasteiger charge is -2.43. The summed E-state index contributed by atoms with van der Waals surface area (Å²) in [5.74, 6) is 0.232. The van der Waals surface area contributed by atoms with E-state index in [0.717, 1.165) is 20.5 Å². The lowest BCUT2D eigenvalue weighted by molar-refractivity contribution is -0.144. The molecule has 0 spiro atoms. The minimum Gasteiger partial charge on any atom is -0.508 e. The van der Waals surface area contributed by atoms with Gasteiger partial charge >= 0.3 is 20.0 Å². The van der Waals surface area contributed by atoms with Crippen LogP contribution in [-0.4, -0.2) is 54.8 Å². The summed E-state index contributed by atoms with van der Waals surface area (Å²) in [6, 6.07) is 27.1. The van der Waals surface area contributed by atoms with Gasteiger partial charge in [-0.1, -0.05) is 99.6 Å². The highest BCUT2D eigenvalue weighted by Crippen LogP contribution is 2.40. The van der Waals surface area contributed by atoms with Crippen LogP contribution in [0.3, 0.4) is 0 Å². The van der Waals surface area contributed by atoms with Gasteiger partial charge in [-0.05, 0) is 60.7 Å². The monoisotopic (exact) mass is 807 g/mol. The largest absolute Gasteiger partial charge is 0.508 e. The summed E-state index contributed by atoms with van der Waals surface area (Å²) >= 11 is 1.24. The summed E-state index contributed by atoms with van der Waals surface area (Å²) in [4.78, 5) is 50.8. The van der Waals surface area contributed by atoms with E-state index in [1.165, 1.54) is 23.8 Å². The van der Waals surface area contributed by atoms with E-state index < -0.39 is 42.2 Å². The number of fused-ring (bicyclic) bond motifs is 1. The molecule has 13 heteroatoms. The van der Waals surface area contributed by atoms with Gasteiger partial charge in [-0.3, -0.25) is 14.2 Å². The topological polar surface area (TPSA) is 124 Å². The quantitative estimate of drug-likeness (QED) is 0.121. The molecule has 1 aliphatic rings. The van der Waals surface area contributed by atoms with Crippen molar-refractivity contribution in [1.82, 2.24) is 14.1 Å². The second-order valence-corrected chi connectivity index (χ2v) is 21.1. The lowest BCUT2D eigenvalue weighted by Crippen LogP contribution is -2.69. The first-order valence-electron chi connectivity index (χ1n) is 19.2. The van der Waals surface area contributed by atoms with Crippen molar-refractivity contribution in [3.05, 3.63) is 129 Å². The lowest BCUT2D eigenvalue weighted by atomic mass is 10.0. The van der Waals surface area contributed by atoms with Gasteiger partial charge in [0.1, 0.15) is 28.5 Å². The Morgan fingerprint density at radius 3 is 2.12 bits per heavy atom. The normalized spacial score (nSPS) is 14.8. The Balaban J connectivity index is 1.43. The van der Waals surface area contributed by atoms with E-state index >= 15 is 9.59 Å². The van der Waals surface area contributed by atoms with E-state index in [4.69, 9.17) is 23.1 Å². The fourth-order valence-electron chi connectivity index (χ4n) is 7.90. The smallest absolute Gasteiger partial charge is 0.333 e. The molecule has 1 saturated heterocycles. The number of carbonyl (C=O) groups excluding carboxylic acids is 1. The van der Waals surface area contributed by atoms with E-state index in [2.05, 4.69) is 25.8 Å². The minimum absolute atomic E-state index is 0.0121. The molecule has 7 rings (SSSR count). The summed E-state index contributed by atoms with van der Waals surface area (Å²) in [5, 5.41) is 1.52. The Bertz CT molecular complexity index is 2420. The third-order valence-electron chi connectivity index (χ3n) is 10.9. The fourth-order valence-corrected chi connectivity index (χ4v) is 13.6. The maximum absolute atomic E-state index is 15.3. The number of thiophene rings is 1. The molecular weight excluding hydrogens is 759 g/mol. The fraction of sp³-hybridized carbons (Fsp3) is 0.364. The van der Waals surface area contributed by atoms with Crippen LogP contribution in [0, 0.1) is 6.92 Å². The summed E-state index contributed by atoms with van der Waals surface area (Å²) in [7, 11) is -1.85. The van der Waals surface area contributed by atoms with E-state index in [0.29, 0.717) is 53.0 Å². The van der Waals surface area contributed by atoms with Crippen molar-refractivity contribution in [2.45, 2.75) is 83.7 Å². The van der Waals surface area contributed by atoms with Crippen molar-refractivity contribution >= 4 is 46.2 Å². The average molecular weight is 808 g/mol. The Labute approximate surface area is 336 Å². The summed E-state index contributed by atoms with van der Waals surface area (Å²) in [6.07, 6.45) is 3.56. The third-order valence-corrected chi connectivity index (χ3v) is 17.1. The first kappa shape index (κ1) is 40.1. The molecule has 0 radical (unpaired) electrons. The SMILES string of the molecule is COc1ccccc1[C@H](Cn1c(=O)n(C(C)(C)C(=O)O[Si](c2ccccc2)(c2ccccc2)C(C)(C)C)c(=O)c2c(C)c(-c3ncco3)sc21)OC1CCOCC1. The minimum atomic E-state index is -3.44. The number of hydrogen-bond acceptors (Lipinski definition) is 10. The van der Waals surface area contributed by atoms with Crippen LogP contribution in [0.25, 0.3) is 21.0 Å². The Hall–Kier alpha value is -5.08. The third kappa shape index (κ3) is 7.33. The van der Waals surface area contributed by atoms with Crippen molar-refractivity contribution in [2.24, 2.45) is 0 Å². The van der Waals surface area contributed by atoms with Crippen LogP contribution < -0.4 is 26.4 Å². The highest BCUT2D eigenvalue weighted by atomic mass is 32.1. The summed E-state index contributed by atoms with van der Waals surface area (Å²) in [5.41, 5.74) is -1.72. The Morgan fingerprint density at radius 1 is 0.930 bits per heavy atom. The highest BCUT2D eigenvalue weighted by Gasteiger charge is 2.55. The highest BCUT2D eigenvalue weighted by molar-refractivity contribution is 7.22. The van der Waals surface area contributed by atoms with E-state index in [9.17, 15) is 4.79 Å². The number of ether oxygens (including phenoxy) is 3. The zero-order valence-corrected chi connectivity index (χ0v) is 35.3. The maximum Gasteiger partial charge on any atom is 0.333 e. The molecule has 0 amide bonds. The van der Waals surface area contributed by atoms with Crippen molar-refractivity contribution in [3.63, 3.8) is 0 Å². The molecule has 3 aromatic heterocycles. The second kappa shape index (κ2) is 16.0. The van der Waals surface area contributed by atoms with Crippen molar-refractivity contribution in [3.8, 4) is 16.5 Å². The van der Waals surface area contributed by atoms with Crippen LogP contribution in [-0.2, 0) is 30.8 Å². The van der Waals surface area contributed by atoms with Gasteiger partial charge in [0.25, 0.3) is 5.56 Å². The first-order chi connectivity index (χ1) is 27.3. The number of hydrogen-bond donors (Lipinski definition) is 0. The molecule has 298 valence electrons. The maximum atomic E-state index is 15.3. The second-order valence-electron chi connectivity index (χ2n) is 15.9. The molecule has 0 bridgehead atoms. The van der Waals surface area contributed by atoms with E-state index in [1.54, 1.807) is 25.5 Å². The summed E-state index contributed by atoms with van der Waals surface area (Å²) in [6.45, 7) is 12.3. The van der Waals surface area contributed by atoms with E-state index in [-0.39, 0.29) is 18.0 Å². The molecule has 0 saturated carbocycles.